The predicted octanol–water partition coefficient (Wildman–Crippen LogP) is 2.39. The van der Waals surface area contributed by atoms with Gasteiger partial charge in [0.05, 0.1) is 10.6 Å². The molecule has 0 radical (unpaired) electrons. The average molecular weight is 361 g/mol. The molecule has 0 heterocycles. The van der Waals surface area contributed by atoms with Gasteiger partial charge in [-0.3, -0.25) is 4.79 Å². The van der Waals surface area contributed by atoms with Crippen LogP contribution < -0.4 is 16.1 Å². The number of amides is 1. The van der Waals surface area contributed by atoms with Crippen LogP contribution in [-0.4, -0.2) is 14.3 Å². The van der Waals surface area contributed by atoms with E-state index in [0.717, 1.165) is 5.56 Å². The molecular formula is C16H19N5O3S. The van der Waals surface area contributed by atoms with Crippen molar-refractivity contribution >= 4 is 21.6 Å². The van der Waals surface area contributed by atoms with Crippen molar-refractivity contribution in [2.75, 3.05) is 0 Å². The quantitative estimate of drug-likeness (QED) is 0.539. The number of sulfonamides is 1. The molecule has 0 aromatic heterocycles. The van der Waals surface area contributed by atoms with E-state index >= 15 is 0 Å². The van der Waals surface area contributed by atoms with E-state index in [-0.39, 0.29) is 10.8 Å². The molecule has 0 fully saturated rings. The van der Waals surface area contributed by atoms with Gasteiger partial charge in [-0.05, 0) is 47.9 Å². The molecule has 0 unspecified atom stereocenters. The smallest absolute Gasteiger partial charge is 0.267 e. The molecule has 0 bridgehead atoms. The van der Waals surface area contributed by atoms with Crippen molar-refractivity contribution in [2.45, 2.75) is 24.7 Å². The highest BCUT2D eigenvalue weighted by Crippen LogP contribution is 2.16. The van der Waals surface area contributed by atoms with Crippen LogP contribution in [-0.2, 0) is 10.0 Å². The van der Waals surface area contributed by atoms with Crippen LogP contribution in [0.1, 0.15) is 35.7 Å². The van der Waals surface area contributed by atoms with E-state index < -0.39 is 10.0 Å². The van der Waals surface area contributed by atoms with E-state index in [1.54, 1.807) is 12.1 Å². The maximum atomic E-state index is 11.9. The number of benzene rings is 2. The minimum atomic E-state index is -3.74. The number of carbonyl (C=O) groups excluding carboxylic acids is 1. The molecule has 9 heteroatoms. The Morgan fingerprint density at radius 3 is 2.16 bits per heavy atom. The monoisotopic (exact) mass is 361 g/mol. The molecule has 4 N–H and O–H groups in total. The Bertz CT molecular complexity index is 860. The molecule has 0 aliphatic carbocycles. The maximum Gasteiger partial charge on any atom is 0.270 e. The highest BCUT2D eigenvalue weighted by molar-refractivity contribution is 7.89. The minimum Gasteiger partial charge on any atom is -0.267 e. The molecule has 0 atom stereocenters. The third-order valence-corrected chi connectivity index (χ3v) is 4.32. The van der Waals surface area contributed by atoms with E-state index in [1.807, 2.05) is 12.1 Å². The molecular weight excluding hydrogens is 342 g/mol. The minimum absolute atomic E-state index is 0.0162. The molecule has 132 valence electrons. The lowest BCUT2D eigenvalue weighted by atomic mass is 10.0. The number of primary sulfonamides is 1. The summed E-state index contributed by atoms with van der Waals surface area (Å²) in [7, 11) is -3.74. The fraction of sp³-hybridized carbons (Fsp3) is 0.188. The van der Waals surface area contributed by atoms with Crippen LogP contribution >= 0.6 is 0 Å². The Balaban J connectivity index is 1.89. The van der Waals surface area contributed by atoms with E-state index in [1.165, 1.54) is 24.3 Å². The Morgan fingerprint density at radius 2 is 1.64 bits per heavy atom. The van der Waals surface area contributed by atoms with Gasteiger partial charge in [-0.1, -0.05) is 31.2 Å². The topological polar surface area (TPSA) is 126 Å². The van der Waals surface area contributed by atoms with Crippen LogP contribution in [0, 0.1) is 0 Å². The van der Waals surface area contributed by atoms with Crippen molar-refractivity contribution in [3.05, 3.63) is 59.7 Å². The number of nitrogens with one attached hydrogen (secondary N) is 2. The third-order valence-electron chi connectivity index (χ3n) is 3.39. The summed E-state index contributed by atoms with van der Waals surface area (Å²) in [5.41, 5.74) is 6.75. The Hall–Kier alpha value is -2.78. The van der Waals surface area contributed by atoms with Gasteiger partial charge in [0, 0.05) is 5.56 Å². The summed E-state index contributed by atoms with van der Waals surface area (Å²) in [6.07, 6.45) is 0. The average Bonchev–Trinajstić information content (AvgIpc) is 2.58. The van der Waals surface area contributed by atoms with Crippen molar-refractivity contribution in [3.63, 3.8) is 0 Å². The summed E-state index contributed by atoms with van der Waals surface area (Å²) in [5, 5.41) is 12.4. The van der Waals surface area contributed by atoms with Crippen LogP contribution in [0.3, 0.4) is 0 Å². The number of nitrogens with two attached hydrogens (primary N) is 1. The molecule has 2 rings (SSSR count). The molecule has 2 aromatic carbocycles. The van der Waals surface area contributed by atoms with Gasteiger partial charge < -0.3 is 0 Å². The second-order valence-electron chi connectivity index (χ2n) is 5.58. The molecule has 0 aliphatic rings. The Kier molecular flexibility index (Phi) is 5.84. The molecule has 0 spiro atoms. The molecule has 0 saturated heterocycles. The number of nitrogens with zero attached hydrogens (tertiary/aromatic N) is 2. The molecule has 0 saturated carbocycles. The zero-order chi connectivity index (χ0) is 18.4. The summed E-state index contributed by atoms with van der Waals surface area (Å²) >= 11 is 0. The normalized spacial score (nSPS) is 11.7. The van der Waals surface area contributed by atoms with Gasteiger partial charge in [0.15, 0.2) is 0 Å². The maximum absolute atomic E-state index is 11.9. The van der Waals surface area contributed by atoms with Crippen LogP contribution in [0.25, 0.3) is 0 Å². The Morgan fingerprint density at radius 1 is 1.04 bits per heavy atom. The van der Waals surface area contributed by atoms with Gasteiger partial charge in [-0.15, -0.1) is 5.11 Å². The second kappa shape index (κ2) is 7.86. The van der Waals surface area contributed by atoms with Crippen LogP contribution in [0.4, 0.5) is 5.69 Å². The predicted molar refractivity (Wildman–Crippen MR) is 93.5 cm³/mol. The van der Waals surface area contributed by atoms with Crippen LogP contribution in [0.5, 0.6) is 0 Å². The number of carbonyl (C=O) groups is 1. The first kappa shape index (κ1) is 18.6. The van der Waals surface area contributed by atoms with Crippen LogP contribution in [0.15, 0.2) is 63.8 Å². The molecule has 0 aliphatic heterocycles. The van der Waals surface area contributed by atoms with Gasteiger partial charge >= 0.3 is 0 Å². The van der Waals surface area contributed by atoms with Gasteiger partial charge in [0.1, 0.15) is 0 Å². The summed E-state index contributed by atoms with van der Waals surface area (Å²) < 4.78 is 22.3. The van der Waals surface area contributed by atoms with Gasteiger partial charge in [-0.2, -0.15) is 5.53 Å². The highest BCUT2D eigenvalue weighted by Gasteiger charge is 2.07. The molecule has 1 amide bonds. The summed E-state index contributed by atoms with van der Waals surface area (Å²) in [4.78, 5) is 11.9. The third kappa shape index (κ3) is 5.37. The first-order chi connectivity index (χ1) is 11.8. The standard InChI is InChI=1S/C16H19N5O3S/c1-11(2)12-3-5-13(6-4-12)16(22)19-21-20-18-14-7-9-15(10-8-14)25(17,23)24/h3-11H,1-2H3,(H,18,21)(H2,17,23,24)(H,19,20,22). The lowest BCUT2D eigenvalue weighted by molar-refractivity contribution is 0.0932. The second-order valence-corrected chi connectivity index (χ2v) is 7.14. The number of hydrogen-bond donors (Lipinski definition) is 3. The van der Waals surface area contributed by atoms with Crippen LogP contribution in [0.2, 0.25) is 0 Å². The zero-order valence-electron chi connectivity index (χ0n) is 13.8. The SMILES string of the molecule is CC(C)c1ccc(C(=O)NNN=Nc2ccc(S(N)(=O)=O)cc2)cc1. The van der Waals surface area contributed by atoms with Gasteiger partial charge in [-0.25, -0.2) is 19.0 Å². The van der Waals surface area contributed by atoms with Crippen molar-refractivity contribution < 1.29 is 13.2 Å². The van der Waals surface area contributed by atoms with E-state index in [4.69, 9.17) is 5.14 Å². The van der Waals surface area contributed by atoms with Gasteiger partial charge in [0.25, 0.3) is 5.91 Å². The van der Waals surface area contributed by atoms with Crippen molar-refractivity contribution in [1.82, 2.24) is 11.0 Å². The first-order valence-electron chi connectivity index (χ1n) is 7.46. The largest absolute Gasteiger partial charge is 0.270 e. The lowest BCUT2D eigenvalue weighted by Crippen LogP contribution is -2.33. The molecule has 8 nitrogen and oxygen atoms in total. The molecule has 2 aromatic rings. The molecule has 25 heavy (non-hydrogen) atoms. The van der Waals surface area contributed by atoms with E-state index in [0.29, 0.717) is 17.2 Å². The summed E-state index contributed by atoms with van der Waals surface area (Å²) in [6, 6.07) is 12.8. The number of rotatable bonds is 6. The fourth-order valence-electron chi connectivity index (χ4n) is 1.95. The summed E-state index contributed by atoms with van der Waals surface area (Å²) in [6.45, 7) is 4.15. The lowest BCUT2D eigenvalue weighted by Gasteiger charge is -2.07. The Labute approximate surface area is 146 Å². The van der Waals surface area contributed by atoms with E-state index in [2.05, 4.69) is 35.1 Å². The number of hydrazine groups is 1. The fourth-order valence-corrected chi connectivity index (χ4v) is 2.47. The first-order valence-corrected chi connectivity index (χ1v) is 9.01. The highest BCUT2D eigenvalue weighted by atomic mass is 32.2. The van der Waals surface area contributed by atoms with Crippen molar-refractivity contribution in [1.29, 1.82) is 0 Å². The summed E-state index contributed by atoms with van der Waals surface area (Å²) in [5.74, 6) is 0.0449. The van der Waals surface area contributed by atoms with E-state index in [9.17, 15) is 13.2 Å². The number of hydrogen-bond acceptors (Lipinski definition) is 5. The zero-order valence-corrected chi connectivity index (χ0v) is 14.6. The van der Waals surface area contributed by atoms with Crippen molar-refractivity contribution in [2.24, 2.45) is 15.5 Å². The van der Waals surface area contributed by atoms with Crippen molar-refractivity contribution in [3.8, 4) is 0 Å². The van der Waals surface area contributed by atoms with Gasteiger partial charge in [0.2, 0.25) is 10.0 Å².